The molecule has 2 fully saturated rings. The summed E-state index contributed by atoms with van der Waals surface area (Å²) < 4.78 is 0. The molecular weight excluding hydrogens is 687 g/mol. The molecule has 0 unspecified atom stereocenters. The lowest BCUT2D eigenvalue weighted by Crippen LogP contribution is -2.31. The smallest absolute Gasteiger partial charge is 0.254 e. The van der Waals surface area contributed by atoms with Crippen LogP contribution in [0.25, 0.3) is 33.2 Å². The average molecular weight is 734 g/mol. The molecule has 11 heteroatoms. The Morgan fingerprint density at radius 2 is 1.33 bits per heavy atom. The molecule has 0 saturated carbocycles. The Hall–Kier alpha value is -6.23. The van der Waals surface area contributed by atoms with E-state index in [4.69, 9.17) is 4.98 Å². The Balaban J connectivity index is 0.874. The predicted molar refractivity (Wildman–Crippen MR) is 220 cm³/mol. The number of H-pyrrole nitrogens is 1. The van der Waals surface area contributed by atoms with Crippen LogP contribution in [-0.2, 0) is 0 Å². The maximum atomic E-state index is 13.5. The number of nitrogens with zero attached hydrogens (tertiary/aromatic N) is 7. The molecule has 0 bridgehead atoms. The van der Waals surface area contributed by atoms with Gasteiger partial charge in [-0.15, -0.1) is 0 Å². The minimum Gasteiger partial charge on any atom is -0.378 e. The molecule has 4 aromatic carbocycles. The summed E-state index contributed by atoms with van der Waals surface area (Å²) in [5.74, 6) is 1.86. The van der Waals surface area contributed by atoms with Crippen LogP contribution in [0.3, 0.4) is 0 Å². The summed E-state index contributed by atoms with van der Waals surface area (Å²) in [6.45, 7) is 2.89. The van der Waals surface area contributed by atoms with Gasteiger partial charge in [0.05, 0.1) is 17.9 Å². The Kier molecular flexibility index (Phi) is 9.92. The van der Waals surface area contributed by atoms with Crippen molar-refractivity contribution in [3.63, 3.8) is 0 Å². The third-order valence-electron chi connectivity index (χ3n) is 10.9. The fourth-order valence-electron chi connectivity index (χ4n) is 7.68. The van der Waals surface area contributed by atoms with Gasteiger partial charge in [0.2, 0.25) is 5.95 Å². The lowest BCUT2D eigenvalue weighted by atomic mass is 10.0. The third-order valence-corrected chi connectivity index (χ3v) is 10.9. The average Bonchev–Trinajstić information content (AvgIpc) is 4.01. The molecule has 8 rings (SSSR count). The maximum Gasteiger partial charge on any atom is 0.254 e. The number of hydrogen-bond donors (Lipinski definition) is 2. The molecule has 0 spiro atoms. The molecule has 280 valence electrons. The van der Waals surface area contributed by atoms with Gasteiger partial charge in [-0.1, -0.05) is 24.3 Å². The van der Waals surface area contributed by atoms with Crippen molar-refractivity contribution in [1.82, 2.24) is 29.7 Å². The summed E-state index contributed by atoms with van der Waals surface area (Å²) in [6, 6.07) is 28.3. The highest BCUT2D eigenvalue weighted by atomic mass is 16.2. The first-order valence-electron chi connectivity index (χ1n) is 19.0. The van der Waals surface area contributed by atoms with Gasteiger partial charge < -0.3 is 29.9 Å². The Morgan fingerprint density at radius 1 is 0.709 bits per heavy atom. The zero-order chi connectivity index (χ0) is 38.1. The molecule has 2 amide bonds. The number of likely N-dealkylation sites (tertiary alicyclic amines) is 2. The van der Waals surface area contributed by atoms with Gasteiger partial charge in [0.25, 0.3) is 11.8 Å². The summed E-state index contributed by atoms with van der Waals surface area (Å²) in [7, 11) is 7.97. The summed E-state index contributed by atoms with van der Waals surface area (Å²) in [6.07, 6.45) is 8.36. The summed E-state index contributed by atoms with van der Waals surface area (Å²) in [4.78, 5) is 52.0. The zero-order valence-electron chi connectivity index (χ0n) is 31.9. The highest BCUT2D eigenvalue weighted by Gasteiger charge is 2.33. The summed E-state index contributed by atoms with van der Waals surface area (Å²) in [5, 5.41) is 5.61. The third kappa shape index (κ3) is 7.60. The highest BCUT2D eigenvalue weighted by Crippen LogP contribution is 2.34. The molecule has 11 nitrogen and oxygen atoms in total. The van der Waals surface area contributed by atoms with E-state index < -0.39 is 0 Å². The maximum absolute atomic E-state index is 13.5. The van der Waals surface area contributed by atoms with E-state index in [2.05, 4.69) is 56.7 Å². The molecule has 6 aromatic rings. The predicted octanol–water partition coefficient (Wildman–Crippen LogP) is 7.37. The quantitative estimate of drug-likeness (QED) is 0.150. The van der Waals surface area contributed by atoms with Gasteiger partial charge in [-0.3, -0.25) is 9.59 Å². The van der Waals surface area contributed by atoms with E-state index >= 15 is 0 Å². The standard InChI is InChI=1S/C44H47N9O2/c1-50(2)37-15-11-30(12-16-37)42(54)52-21-19-29(28-52)24-46-44-47-25-36(26-48-44)34-8-7-33-23-35(10-9-32(33)22-34)39-27-45-41(49-39)40-6-5-20-53(40)43(55)31-13-17-38(18-14-31)51(3)4/h7-18,22-23,25-27,29,40H,5-6,19-21,24,28H2,1-4H3,(H,45,49)(H,46,47,48)/t29-,40+/m1/s1. The first-order valence-corrected chi connectivity index (χ1v) is 19.0. The largest absolute Gasteiger partial charge is 0.378 e. The van der Waals surface area contributed by atoms with Gasteiger partial charge in [-0.2, -0.15) is 0 Å². The second-order valence-electron chi connectivity index (χ2n) is 15.1. The van der Waals surface area contributed by atoms with Gasteiger partial charge >= 0.3 is 0 Å². The van der Waals surface area contributed by atoms with Gasteiger partial charge in [-0.05, 0) is 102 Å². The van der Waals surface area contributed by atoms with E-state index in [1.165, 1.54) is 0 Å². The van der Waals surface area contributed by atoms with Crippen molar-refractivity contribution in [3.05, 3.63) is 120 Å². The number of imidazole rings is 1. The molecule has 0 radical (unpaired) electrons. The molecule has 2 aliphatic heterocycles. The molecule has 4 heterocycles. The van der Waals surface area contributed by atoms with Crippen LogP contribution in [-0.4, -0.2) is 95.9 Å². The van der Waals surface area contributed by atoms with Crippen molar-refractivity contribution in [2.24, 2.45) is 5.92 Å². The van der Waals surface area contributed by atoms with Crippen LogP contribution in [0.15, 0.2) is 104 Å². The number of aromatic nitrogens is 4. The van der Waals surface area contributed by atoms with Gasteiger partial charge in [0, 0.05) is 100 Å². The van der Waals surface area contributed by atoms with E-state index in [1.54, 1.807) is 0 Å². The van der Waals surface area contributed by atoms with Crippen molar-refractivity contribution in [2.75, 3.05) is 69.5 Å². The number of amides is 2. The first-order chi connectivity index (χ1) is 26.7. The Labute approximate surface area is 322 Å². The van der Waals surface area contributed by atoms with Crippen LogP contribution in [0.1, 0.15) is 51.8 Å². The lowest BCUT2D eigenvalue weighted by molar-refractivity contribution is 0.0729. The molecule has 2 aromatic heterocycles. The molecule has 0 aliphatic carbocycles. The first kappa shape index (κ1) is 35.8. The SMILES string of the molecule is CN(C)c1ccc(C(=O)N2CC[C@H](CNc3ncc(-c4ccc5cc(-c6cnc([C@@H]7CCCN7C(=O)c7ccc(N(C)C)cc7)[nH]6)ccc5c4)cn3)C2)cc1. The molecule has 2 aliphatic rings. The number of carbonyl (C=O) groups excluding carboxylic acids is 2. The number of carbonyl (C=O) groups is 2. The monoisotopic (exact) mass is 733 g/mol. The lowest BCUT2D eigenvalue weighted by Gasteiger charge is -2.23. The summed E-state index contributed by atoms with van der Waals surface area (Å²) >= 11 is 0. The van der Waals surface area contributed by atoms with Crippen molar-refractivity contribution in [2.45, 2.75) is 25.3 Å². The van der Waals surface area contributed by atoms with E-state index in [0.29, 0.717) is 37.1 Å². The van der Waals surface area contributed by atoms with Crippen LogP contribution in [0.5, 0.6) is 0 Å². The van der Waals surface area contributed by atoms with Crippen LogP contribution in [0.2, 0.25) is 0 Å². The van der Waals surface area contributed by atoms with Crippen molar-refractivity contribution in [1.29, 1.82) is 0 Å². The van der Waals surface area contributed by atoms with E-state index in [0.717, 1.165) is 81.7 Å². The van der Waals surface area contributed by atoms with Crippen LogP contribution < -0.4 is 15.1 Å². The fraction of sp³-hybridized carbons (Fsp3) is 0.295. The highest BCUT2D eigenvalue weighted by molar-refractivity contribution is 5.95. The Morgan fingerprint density at radius 3 is 1.98 bits per heavy atom. The zero-order valence-corrected chi connectivity index (χ0v) is 31.9. The minimum atomic E-state index is -0.0809. The number of anilines is 3. The van der Waals surface area contributed by atoms with Gasteiger partial charge in [0.15, 0.2) is 0 Å². The molecule has 2 atom stereocenters. The fourth-order valence-corrected chi connectivity index (χ4v) is 7.68. The number of rotatable bonds is 10. The van der Waals surface area contributed by atoms with Crippen LogP contribution >= 0.6 is 0 Å². The summed E-state index contributed by atoms with van der Waals surface area (Å²) in [5.41, 5.74) is 7.52. The minimum absolute atomic E-state index is 0.0386. The Bertz CT molecular complexity index is 2300. The number of fused-ring (bicyclic) bond motifs is 1. The number of aromatic amines is 1. The second-order valence-corrected chi connectivity index (χ2v) is 15.1. The topological polar surface area (TPSA) is 114 Å². The molecule has 55 heavy (non-hydrogen) atoms. The van der Waals surface area contributed by atoms with E-state index in [-0.39, 0.29) is 17.9 Å². The van der Waals surface area contributed by atoms with Gasteiger partial charge in [-0.25, -0.2) is 15.0 Å². The van der Waals surface area contributed by atoms with Crippen LogP contribution in [0, 0.1) is 5.92 Å². The van der Waals surface area contributed by atoms with Crippen molar-refractivity contribution in [3.8, 4) is 22.4 Å². The number of hydrogen-bond acceptors (Lipinski definition) is 8. The van der Waals surface area contributed by atoms with Crippen molar-refractivity contribution >= 4 is 39.9 Å². The number of nitrogens with one attached hydrogen (secondary N) is 2. The second kappa shape index (κ2) is 15.3. The van der Waals surface area contributed by atoms with Gasteiger partial charge in [0.1, 0.15) is 5.82 Å². The molecule has 2 saturated heterocycles. The van der Waals surface area contributed by atoms with Crippen molar-refractivity contribution < 1.29 is 9.59 Å². The van der Waals surface area contributed by atoms with Crippen LogP contribution in [0.4, 0.5) is 17.3 Å². The molecular formula is C44H47N9O2. The van der Waals surface area contributed by atoms with E-state index in [9.17, 15) is 9.59 Å². The molecule has 2 N–H and O–H groups in total. The van der Waals surface area contributed by atoms with E-state index in [1.807, 2.05) is 115 Å². The number of benzene rings is 4. The normalized spacial score (nSPS) is 16.8.